The number of nitrogens with zero attached hydrogens (tertiary/aromatic N) is 1. The zero-order chi connectivity index (χ0) is 31.4. The van der Waals surface area contributed by atoms with Crippen LogP contribution < -0.4 is 4.74 Å². The molecule has 3 aromatic carbocycles. The van der Waals surface area contributed by atoms with Gasteiger partial charge in [-0.25, -0.2) is 18.4 Å². The normalized spacial score (nSPS) is 14.0. The van der Waals surface area contributed by atoms with Crippen molar-refractivity contribution in [1.82, 2.24) is 4.90 Å². The number of rotatable bonds is 10. The van der Waals surface area contributed by atoms with Gasteiger partial charge in [0.1, 0.15) is 17.4 Å². The van der Waals surface area contributed by atoms with Crippen LogP contribution in [0.5, 0.6) is 5.75 Å². The zero-order valence-electron chi connectivity index (χ0n) is 25.5. The smallest absolute Gasteiger partial charge is 0.328 e. The lowest BCUT2D eigenvalue weighted by atomic mass is 9.76. The lowest BCUT2D eigenvalue weighted by Gasteiger charge is -2.36. The summed E-state index contributed by atoms with van der Waals surface area (Å²) in [5.41, 5.74) is 3.66. The number of aliphatic carboxylic acids is 2. The van der Waals surface area contributed by atoms with Gasteiger partial charge in [-0.2, -0.15) is 0 Å². The molecule has 1 fully saturated rings. The largest absolute Gasteiger partial charge is 0.494 e. The first-order chi connectivity index (χ1) is 20.4. The van der Waals surface area contributed by atoms with E-state index in [4.69, 9.17) is 14.9 Å². The van der Waals surface area contributed by atoms with Crippen molar-refractivity contribution in [2.45, 2.75) is 51.4 Å². The molecule has 0 aromatic heterocycles. The molecule has 9 heteroatoms. The van der Waals surface area contributed by atoms with Crippen LogP contribution in [0, 0.1) is 17.6 Å². The van der Waals surface area contributed by atoms with Crippen LogP contribution in [-0.2, 0) is 15.0 Å². The van der Waals surface area contributed by atoms with E-state index in [2.05, 4.69) is 49.9 Å². The molecular weight excluding hydrogens is 568 g/mol. The fraction of sp³-hybridized carbons (Fsp3) is 0.371. The predicted molar refractivity (Wildman–Crippen MR) is 167 cm³/mol. The van der Waals surface area contributed by atoms with E-state index >= 15 is 0 Å². The van der Waals surface area contributed by atoms with Crippen LogP contribution in [0.3, 0.4) is 0 Å². The summed E-state index contributed by atoms with van der Waals surface area (Å²) in [4.78, 5) is 21.6. The molecule has 0 amide bonds. The summed E-state index contributed by atoms with van der Waals surface area (Å²) in [5, 5.41) is 15.6. The summed E-state index contributed by atoms with van der Waals surface area (Å²) < 4.78 is 33.1. The highest BCUT2D eigenvalue weighted by Gasteiger charge is 2.29. The first-order valence-electron chi connectivity index (χ1n) is 14.5. The topological polar surface area (TPSA) is 119 Å². The van der Waals surface area contributed by atoms with Gasteiger partial charge < -0.3 is 25.3 Å². The number of halogens is 2. The number of hydrogen-bond donors (Lipinski definition) is 2. The van der Waals surface area contributed by atoms with Crippen LogP contribution >= 0.6 is 0 Å². The third kappa shape index (κ3) is 11.9. The molecule has 3 aromatic rings. The summed E-state index contributed by atoms with van der Waals surface area (Å²) in [5.74, 6) is -1.45. The molecule has 0 spiro atoms. The molecule has 1 saturated heterocycles. The van der Waals surface area contributed by atoms with Crippen molar-refractivity contribution in [2.24, 2.45) is 5.92 Å². The Bertz CT molecular complexity index is 1270. The average Bonchev–Trinajstić information content (AvgIpc) is 2.97. The van der Waals surface area contributed by atoms with Crippen LogP contribution in [0.4, 0.5) is 8.78 Å². The third-order valence-electron chi connectivity index (χ3n) is 7.54. The van der Waals surface area contributed by atoms with Gasteiger partial charge in [0.25, 0.3) is 0 Å². The van der Waals surface area contributed by atoms with Gasteiger partial charge in [-0.1, -0.05) is 57.2 Å². The Morgan fingerprint density at radius 2 is 1.30 bits per heavy atom. The number of piperidine rings is 1. The van der Waals surface area contributed by atoms with Crippen molar-refractivity contribution in [3.05, 3.63) is 113 Å². The van der Waals surface area contributed by atoms with Gasteiger partial charge in [-0.15, -0.1) is 0 Å². The van der Waals surface area contributed by atoms with Crippen LogP contribution in [0.2, 0.25) is 0 Å². The lowest BCUT2D eigenvalue weighted by Crippen LogP contribution is -2.36. The quantitative estimate of drug-likeness (QED) is 0.201. The van der Waals surface area contributed by atoms with Gasteiger partial charge in [0.15, 0.2) is 0 Å². The second-order valence-corrected chi connectivity index (χ2v) is 11.7. The van der Waals surface area contributed by atoms with E-state index in [-0.39, 0.29) is 28.4 Å². The SMILES string of the molecule is CC(C)(C)c1ccc(OCCCN2CCC(C(c3ccc(F)cc3)c3ccc(F)cc3)CC2)cc1.O.O=C(O)/C=C/C(=O)O. The molecule has 44 heavy (non-hydrogen) atoms. The first kappa shape index (κ1) is 36.1. The molecule has 0 radical (unpaired) electrons. The van der Waals surface area contributed by atoms with Crippen molar-refractivity contribution in [1.29, 1.82) is 0 Å². The molecule has 1 aliphatic heterocycles. The molecule has 0 atom stereocenters. The van der Waals surface area contributed by atoms with E-state index in [0.29, 0.717) is 24.7 Å². The standard InChI is InChI=1S/C31H37F2NO.C4H4O4.H2O/c1-31(2,3)26-9-15-29(16-10-26)35-22-4-19-34-20-17-25(18-21-34)30(23-5-11-27(32)12-6-23)24-7-13-28(33)14-8-24;5-3(6)1-2-4(7)8;/h5-16,25,30H,4,17-22H2,1-3H3;1-2H,(H,5,6)(H,7,8);1H2/b;2-1+;. The summed E-state index contributed by atoms with van der Waals surface area (Å²) in [6.07, 6.45) is 4.23. The molecule has 1 heterocycles. The van der Waals surface area contributed by atoms with Crippen LogP contribution in [0.1, 0.15) is 62.6 Å². The van der Waals surface area contributed by atoms with E-state index < -0.39 is 11.9 Å². The van der Waals surface area contributed by atoms with Gasteiger partial charge in [-0.3, -0.25) is 0 Å². The molecule has 7 nitrogen and oxygen atoms in total. The molecule has 1 aliphatic rings. The summed E-state index contributed by atoms with van der Waals surface area (Å²) in [7, 11) is 0. The maximum absolute atomic E-state index is 13.6. The molecular formula is C35H43F2NO6. The number of carboxylic acid groups (broad SMARTS) is 2. The second-order valence-electron chi connectivity index (χ2n) is 11.7. The number of carboxylic acids is 2. The van der Waals surface area contributed by atoms with Crippen molar-refractivity contribution in [3.63, 3.8) is 0 Å². The number of benzene rings is 3. The van der Waals surface area contributed by atoms with Gasteiger partial charge in [0.05, 0.1) is 6.61 Å². The Labute approximate surface area is 258 Å². The highest BCUT2D eigenvalue weighted by molar-refractivity contribution is 5.89. The lowest BCUT2D eigenvalue weighted by molar-refractivity contribution is -0.134. The molecule has 4 N–H and O–H groups in total. The maximum Gasteiger partial charge on any atom is 0.328 e. The number of likely N-dealkylation sites (tertiary alicyclic amines) is 1. The first-order valence-corrected chi connectivity index (χ1v) is 14.5. The van der Waals surface area contributed by atoms with E-state index in [1.165, 1.54) is 29.8 Å². The minimum absolute atomic E-state index is 0. The van der Waals surface area contributed by atoms with Crippen molar-refractivity contribution in [2.75, 3.05) is 26.2 Å². The molecule has 0 bridgehead atoms. The Kier molecular flexibility index (Phi) is 14.2. The van der Waals surface area contributed by atoms with Crippen LogP contribution in [0.25, 0.3) is 0 Å². The Morgan fingerprint density at radius 1 is 0.841 bits per heavy atom. The molecule has 0 saturated carbocycles. The Balaban J connectivity index is 0.000000662. The minimum Gasteiger partial charge on any atom is -0.494 e. The molecule has 0 aliphatic carbocycles. The van der Waals surface area contributed by atoms with Crippen LogP contribution in [0.15, 0.2) is 84.9 Å². The minimum atomic E-state index is -1.26. The fourth-order valence-electron chi connectivity index (χ4n) is 5.26. The Hall–Kier alpha value is -4.08. The van der Waals surface area contributed by atoms with E-state index in [9.17, 15) is 18.4 Å². The van der Waals surface area contributed by atoms with Gasteiger partial charge in [-0.05, 0) is 96.8 Å². The summed E-state index contributed by atoms with van der Waals surface area (Å²) in [6.45, 7) is 10.4. The number of carbonyl (C=O) groups is 2. The zero-order valence-corrected chi connectivity index (χ0v) is 25.5. The van der Waals surface area contributed by atoms with Gasteiger partial charge >= 0.3 is 11.9 Å². The Morgan fingerprint density at radius 3 is 1.70 bits per heavy atom. The van der Waals surface area contributed by atoms with Gasteiger partial charge in [0, 0.05) is 24.6 Å². The van der Waals surface area contributed by atoms with Crippen molar-refractivity contribution in [3.8, 4) is 5.75 Å². The molecule has 4 rings (SSSR count). The third-order valence-corrected chi connectivity index (χ3v) is 7.54. The predicted octanol–water partition coefficient (Wildman–Crippen LogP) is 6.46. The average molecular weight is 612 g/mol. The summed E-state index contributed by atoms with van der Waals surface area (Å²) in [6, 6.07) is 22.0. The van der Waals surface area contributed by atoms with Gasteiger partial charge in [0.2, 0.25) is 0 Å². The number of hydrogen-bond acceptors (Lipinski definition) is 4. The maximum atomic E-state index is 13.6. The molecule has 0 unspecified atom stereocenters. The van der Waals surface area contributed by atoms with E-state index in [1.807, 2.05) is 24.3 Å². The van der Waals surface area contributed by atoms with Crippen molar-refractivity contribution >= 4 is 11.9 Å². The fourth-order valence-corrected chi connectivity index (χ4v) is 5.26. The van der Waals surface area contributed by atoms with E-state index in [1.54, 1.807) is 0 Å². The summed E-state index contributed by atoms with van der Waals surface area (Å²) >= 11 is 0. The highest BCUT2D eigenvalue weighted by Crippen LogP contribution is 2.38. The van der Waals surface area contributed by atoms with Crippen molar-refractivity contribution < 1.29 is 38.8 Å². The molecule has 238 valence electrons. The monoisotopic (exact) mass is 611 g/mol. The second kappa shape index (κ2) is 17.3. The van der Waals surface area contributed by atoms with E-state index in [0.717, 1.165) is 55.8 Å². The highest BCUT2D eigenvalue weighted by atomic mass is 19.1. The van der Waals surface area contributed by atoms with Crippen LogP contribution in [-0.4, -0.2) is 58.8 Å². The number of ether oxygens (including phenoxy) is 1.